The second-order valence-electron chi connectivity index (χ2n) is 6.49. The summed E-state index contributed by atoms with van der Waals surface area (Å²) in [6, 6.07) is 3.73. The van der Waals surface area contributed by atoms with E-state index in [9.17, 15) is 9.59 Å². The van der Waals surface area contributed by atoms with Gasteiger partial charge in [0.1, 0.15) is 10.7 Å². The Morgan fingerprint density at radius 2 is 2.16 bits per heavy atom. The molecule has 3 rings (SSSR count). The average Bonchev–Trinajstić information content (AvgIpc) is 3.24. The molecule has 7 heteroatoms. The number of aromatic nitrogens is 2. The zero-order valence-electron chi connectivity index (χ0n) is 14.9. The summed E-state index contributed by atoms with van der Waals surface area (Å²) in [5.74, 6) is -0.0315. The Bertz CT molecular complexity index is 753. The molecule has 6 nitrogen and oxygen atoms in total. The molecule has 134 valence electrons. The van der Waals surface area contributed by atoms with Gasteiger partial charge in [-0.2, -0.15) is 0 Å². The number of nitrogens with one attached hydrogen (secondary N) is 1. The van der Waals surface area contributed by atoms with Crippen LogP contribution in [0.15, 0.2) is 23.7 Å². The maximum atomic E-state index is 12.6. The first-order chi connectivity index (χ1) is 12.0. The first-order valence-corrected chi connectivity index (χ1v) is 9.50. The number of carbonyl (C=O) groups excluding carboxylic acids is 2. The van der Waals surface area contributed by atoms with Crippen molar-refractivity contribution >= 4 is 23.2 Å². The Balaban J connectivity index is 1.78. The lowest BCUT2D eigenvalue weighted by atomic mass is 9.99. The highest BCUT2D eigenvalue weighted by Crippen LogP contribution is 2.31. The Morgan fingerprint density at radius 3 is 2.84 bits per heavy atom. The van der Waals surface area contributed by atoms with Gasteiger partial charge in [0.15, 0.2) is 0 Å². The van der Waals surface area contributed by atoms with Crippen molar-refractivity contribution < 1.29 is 9.59 Å². The molecule has 0 saturated carbocycles. The van der Waals surface area contributed by atoms with Crippen LogP contribution in [0.25, 0.3) is 0 Å². The van der Waals surface area contributed by atoms with Gasteiger partial charge in [-0.15, -0.1) is 11.3 Å². The summed E-state index contributed by atoms with van der Waals surface area (Å²) in [4.78, 5) is 30.8. The smallest absolute Gasteiger partial charge is 0.268 e. The zero-order chi connectivity index (χ0) is 18.0. The summed E-state index contributed by atoms with van der Waals surface area (Å²) in [6.45, 7) is 4.33. The van der Waals surface area contributed by atoms with Gasteiger partial charge in [0.05, 0.1) is 12.1 Å². The van der Waals surface area contributed by atoms with E-state index >= 15 is 0 Å². The third kappa shape index (κ3) is 3.61. The van der Waals surface area contributed by atoms with E-state index in [1.54, 1.807) is 13.1 Å². The number of hydrogen-bond donors (Lipinski definition) is 1. The fraction of sp³-hybridized carbons (Fsp3) is 0.500. The number of likely N-dealkylation sites (tertiary alicyclic amines) is 1. The average molecular weight is 360 g/mol. The fourth-order valence-corrected chi connectivity index (χ4v) is 4.13. The molecule has 0 spiro atoms. The molecule has 1 fully saturated rings. The zero-order valence-corrected chi connectivity index (χ0v) is 15.7. The van der Waals surface area contributed by atoms with E-state index in [2.05, 4.69) is 10.3 Å². The highest BCUT2D eigenvalue weighted by Gasteiger charge is 2.29. The first kappa shape index (κ1) is 17.7. The van der Waals surface area contributed by atoms with E-state index in [4.69, 9.17) is 0 Å². The highest BCUT2D eigenvalue weighted by atomic mass is 32.1. The third-order valence-corrected chi connectivity index (χ3v) is 5.77. The van der Waals surface area contributed by atoms with Crippen molar-refractivity contribution in [3.63, 3.8) is 0 Å². The predicted octanol–water partition coefficient (Wildman–Crippen LogP) is 3.05. The van der Waals surface area contributed by atoms with Crippen LogP contribution in [-0.2, 0) is 11.8 Å². The second-order valence-corrected chi connectivity index (χ2v) is 7.42. The van der Waals surface area contributed by atoms with Crippen LogP contribution in [0.4, 0.5) is 0 Å². The SMILES string of the molecule is CC(=O)N1CCCC[C@H]1c1ccc(C(=O)N[C@@H](C)c2nccs2)n1C. The first-order valence-electron chi connectivity index (χ1n) is 8.62. The van der Waals surface area contributed by atoms with Crippen molar-refractivity contribution in [3.05, 3.63) is 40.1 Å². The standard InChI is InChI=1S/C18H24N4O2S/c1-12(18-19-9-11-25-18)20-17(24)16-8-7-14(21(16)3)15-6-4-5-10-22(15)13(2)23/h7-9,11-12,15H,4-6,10H2,1-3H3,(H,20,24)/t12-,15-/m0/s1. The molecule has 0 aliphatic carbocycles. The summed E-state index contributed by atoms with van der Waals surface area (Å²) < 4.78 is 1.91. The summed E-state index contributed by atoms with van der Waals surface area (Å²) in [5.41, 5.74) is 1.62. The Hall–Kier alpha value is -2.15. The largest absolute Gasteiger partial charge is 0.342 e. The molecular formula is C18H24N4O2S. The van der Waals surface area contributed by atoms with Crippen LogP contribution in [0.1, 0.15) is 66.4 Å². The lowest BCUT2D eigenvalue weighted by Crippen LogP contribution is -2.38. The van der Waals surface area contributed by atoms with Crippen molar-refractivity contribution in [1.82, 2.24) is 19.8 Å². The summed E-state index contributed by atoms with van der Waals surface area (Å²) in [7, 11) is 1.89. The molecule has 2 aromatic heterocycles. The van der Waals surface area contributed by atoms with E-state index in [1.165, 1.54) is 11.3 Å². The Morgan fingerprint density at radius 1 is 1.36 bits per heavy atom. The van der Waals surface area contributed by atoms with Gasteiger partial charge in [0.2, 0.25) is 5.91 Å². The molecular weight excluding hydrogens is 336 g/mol. The molecule has 25 heavy (non-hydrogen) atoms. The number of carbonyl (C=O) groups is 2. The van der Waals surface area contributed by atoms with Gasteiger partial charge in [0, 0.05) is 37.8 Å². The van der Waals surface area contributed by atoms with Crippen LogP contribution >= 0.6 is 11.3 Å². The summed E-state index contributed by atoms with van der Waals surface area (Å²) in [6.07, 6.45) is 4.82. The summed E-state index contributed by atoms with van der Waals surface area (Å²) in [5, 5.41) is 5.78. The molecule has 0 bridgehead atoms. The molecule has 2 atom stereocenters. The molecule has 1 aliphatic rings. The summed E-state index contributed by atoms with van der Waals surface area (Å²) >= 11 is 1.53. The van der Waals surface area contributed by atoms with Crippen molar-refractivity contribution in [2.24, 2.45) is 7.05 Å². The van der Waals surface area contributed by atoms with Crippen molar-refractivity contribution in [1.29, 1.82) is 0 Å². The molecule has 3 heterocycles. The van der Waals surface area contributed by atoms with Gasteiger partial charge in [-0.25, -0.2) is 4.98 Å². The van der Waals surface area contributed by atoms with Gasteiger partial charge in [-0.1, -0.05) is 0 Å². The minimum absolute atomic E-state index is 0.0502. The molecule has 2 aromatic rings. The molecule has 2 amide bonds. The number of rotatable bonds is 4. The van der Waals surface area contributed by atoms with Crippen LogP contribution in [-0.4, -0.2) is 32.8 Å². The minimum atomic E-state index is -0.130. The molecule has 0 aromatic carbocycles. The number of piperidine rings is 1. The third-order valence-electron chi connectivity index (χ3n) is 4.81. The van der Waals surface area contributed by atoms with E-state index in [0.29, 0.717) is 5.69 Å². The van der Waals surface area contributed by atoms with Gasteiger partial charge >= 0.3 is 0 Å². The van der Waals surface area contributed by atoms with Crippen LogP contribution in [0.2, 0.25) is 0 Å². The van der Waals surface area contributed by atoms with E-state index in [-0.39, 0.29) is 23.9 Å². The maximum Gasteiger partial charge on any atom is 0.268 e. The number of nitrogens with zero attached hydrogens (tertiary/aromatic N) is 3. The number of hydrogen-bond acceptors (Lipinski definition) is 4. The topological polar surface area (TPSA) is 67.2 Å². The number of amides is 2. The lowest BCUT2D eigenvalue weighted by molar-refractivity contribution is -0.132. The quantitative estimate of drug-likeness (QED) is 0.911. The molecule has 1 N–H and O–H groups in total. The predicted molar refractivity (Wildman–Crippen MR) is 97.4 cm³/mol. The van der Waals surface area contributed by atoms with Crippen molar-refractivity contribution in [2.45, 2.75) is 45.2 Å². The molecule has 0 unspecified atom stereocenters. The van der Waals surface area contributed by atoms with Crippen LogP contribution in [0.3, 0.4) is 0 Å². The molecule has 0 radical (unpaired) electrons. The highest BCUT2D eigenvalue weighted by molar-refractivity contribution is 7.09. The van der Waals surface area contributed by atoms with E-state index in [1.807, 2.05) is 41.0 Å². The van der Waals surface area contributed by atoms with Crippen molar-refractivity contribution in [2.75, 3.05) is 6.54 Å². The van der Waals surface area contributed by atoms with E-state index in [0.717, 1.165) is 36.5 Å². The Kier molecular flexibility index (Phi) is 5.22. The maximum absolute atomic E-state index is 12.6. The van der Waals surface area contributed by atoms with Crippen molar-refractivity contribution in [3.8, 4) is 0 Å². The van der Waals surface area contributed by atoms with Crippen LogP contribution < -0.4 is 5.32 Å². The normalized spacial score (nSPS) is 18.8. The number of thiazole rings is 1. The van der Waals surface area contributed by atoms with Crippen LogP contribution in [0, 0.1) is 0 Å². The van der Waals surface area contributed by atoms with Gasteiger partial charge in [-0.05, 0) is 38.3 Å². The van der Waals surface area contributed by atoms with Gasteiger partial charge in [-0.3, -0.25) is 9.59 Å². The lowest BCUT2D eigenvalue weighted by Gasteiger charge is -2.35. The molecule has 1 aliphatic heterocycles. The molecule has 1 saturated heterocycles. The van der Waals surface area contributed by atoms with Crippen LogP contribution in [0.5, 0.6) is 0 Å². The second kappa shape index (κ2) is 7.39. The fourth-order valence-electron chi connectivity index (χ4n) is 3.49. The monoisotopic (exact) mass is 360 g/mol. The van der Waals surface area contributed by atoms with Gasteiger partial charge in [0.25, 0.3) is 5.91 Å². The van der Waals surface area contributed by atoms with Gasteiger partial charge < -0.3 is 14.8 Å². The Labute approximate surface area is 151 Å². The minimum Gasteiger partial charge on any atom is -0.342 e. The van der Waals surface area contributed by atoms with E-state index < -0.39 is 0 Å².